The summed E-state index contributed by atoms with van der Waals surface area (Å²) in [6, 6.07) is 11.2. The fourth-order valence-corrected chi connectivity index (χ4v) is 6.04. The average Bonchev–Trinajstić information content (AvgIpc) is 3.31. The number of esters is 1. The first-order valence-electron chi connectivity index (χ1n) is 17.5. The molecule has 0 spiro atoms. The maximum atomic E-state index is 15.6. The van der Waals surface area contributed by atoms with Gasteiger partial charge in [0.2, 0.25) is 0 Å². The van der Waals surface area contributed by atoms with Gasteiger partial charge in [-0.1, -0.05) is 12.1 Å². The number of rotatable bonds is 13. The van der Waals surface area contributed by atoms with E-state index < -0.39 is 47.3 Å². The molecule has 0 saturated carbocycles. The number of ketones is 1. The lowest BCUT2D eigenvalue weighted by atomic mass is 9.99. The highest BCUT2D eigenvalue weighted by Crippen LogP contribution is 2.32. The third kappa shape index (κ3) is 10.5. The van der Waals surface area contributed by atoms with Gasteiger partial charge in [0.25, 0.3) is 5.91 Å². The van der Waals surface area contributed by atoms with Gasteiger partial charge < -0.3 is 43.5 Å². The highest BCUT2D eigenvalue weighted by Gasteiger charge is 2.35. The number of ether oxygens (including phenoxy) is 6. The number of anilines is 1. The second kappa shape index (κ2) is 18.2. The summed E-state index contributed by atoms with van der Waals surface area (Å²) in [6.07, 6.45) is -0.583. The molecule has 2 atom stereocenters. The van der Waals surface area contributed by atoms with Crippen LogP contribution in [0.2, 0.25) is 0 Å². The van der Waals surface area contributed by atoms with Crippen LogP contribution >= 0.6 is 0 Å². The van der Waals surface area contributed by atoms with E-state index in [1.165, 1.54) is 55.5 Å². The minimum absolute atomic E-state index is 0.0102. The second-order valence-electron chi connectivity index (χ2n) is 14.2. The second-order valence-corrected chi connectivity index (χ2v) is 14.2. The molecule has 3 aromatic carbocycles. The van der Waals surface area contributed by atoms with Crippen LogP contribution in [0.4, 0.5) is 14.9 Å². The van der Waals surface area contributed by atoms with Gasteiger partial charge >= 0.3 is 12.1 Å². The summed E-state index contributed by atoms with van der Waals surface area (Å²) in [4.78, 5) is 57.1. The van der Waals surface area contributed by atoms with Crippen LogP contribution in [-0.4, -0.2) is 101 Å². The number of aryl methyl sites for hydroxylation is 2. The predicted molar refractivity (Wildman–Crippen MR) is 199 cm³/mol. The lowest BCUT2D eigenvalue weighted by Gasteiger charge is -2.30. The number of nitrogens with one attached hydrogen (secondary N) is 1. The highest BCUT2D eigenvalue weighted by atomic mass is 19.1. The van der Waals surface area contributed by atoms with Crippen molar-refractivity contribution in [3.63, 3.8) is 0 Å². The molecule has 0 aliphatic carbocycles. The summed E-state index contributed by atoms with van der Waals surface area (Å²) < 4.78 is 48.4. The van der Waals surface area contributed by atoms with E-state index in [0.29, 0.717) is 30.7 Å². The van der Waals surface area contributed by atoms with E-state index in [2.05, 4.69) is 5.32 Å². The predicted octanol–water partition coefficient (Wildman–Crippen LogP) is 6.06. The Morgan fingerprint density at radius 1 is 0.889 bits per heavy atom. The Hall–Kier alpha value is -5.21. The van der Waals surface area contributed by atoms with Crippen LogP contribution in [0.25, 0.3) is 0 Å². The minimum Gasteiger partial charge on any atom is -0.467 e. The Kier molecular flexibility index (Phi) is 14.0. The van der Waals surface area contributed by atoms with Crippen molar-refractivity contribution in [2.75, 3.05) is 59.9 Å². The van der Waals surface area contributed by atoms with Crippen LogP contribution < -0.4 is 19.7 Å². The van der Waals surface area contributed by atoms with Crippen molar-refractivity contribution in [2.45, 2.75) is 65.2 Å². The molecule has 0 bridgehead atoms. The van der Waals surface area contributed by atoms with Gasteiger partial charge in [-0.2, -0.15) is 0 Å². The van der Waals surface area contributed by atoms with Crippen LogP contribution in [-0.2, 0) is 18.9 Å². The first-order valence-corrected chi connectivity index (χ1v) is 17.5. The quantitative estimate of drug-likeness (QED) is 0.124. The number of nitrogens with zero attached hydrogens (tertiary/aromatic N) is 2. The molecule has 13 nitrogen and oxygen atoms in total. The molecule has 54 heavy (non-hydrogen) atoms. The number of carbonyl (C=O) groups is 4. The van der Waals surface area contributed by atoms with E-state index in [0.717, 1.165) is 11.1 Å². The molecule has 292 valence electrons. The third-order valence-corrected chi connectivity index (χ3v) is 8.56. The average molecular weight is 752 g/mol. The molecular formula is C40H50FN3O10. The van der Waals surface area contributed by atoms with Gasteiger partial charge in [-0.25, -0.2) is 14.0 Å². The number of likely N-dealkylation sites (tertiary alicyclic amines) is 1. The molecule has 1 N–H and O–H groups in total. The molecule has 3 aromatic rings. The topological polar surface area (TPSA) is 142 Å². The van der Waals surface area contributed by atoms with E-state index in [-0.39, 0.29) is 48.3 Å². The Morgan fingerprint density at radius 2 is 1.50 bits per heavy atom. The summed E-state index contributed by atoms with van der Waals surface area (Å²) in [7, 11) is 6.24. The SMILES string of the molecule is COCOc1ccc(N(C)C)c(F)c1C(=O)c1ccc(C(=O)O[C@@H]2CCCN(C(=O)OC(C)(C)C)C[C@H]2NC(=O)c2cc(C)c(OCOC)c(C)c2)cc1. The molecule has 2 amide bonds. The Morgan fingerprint density at radius 3 is 2.09 bits per heavy atom. The zero-order valence-corrected chi connectivity index (χ0v) is 32.4. The van der Waals surface area contributed by atoms with Crippen molar-refractivity contribution in [2.24, 2.45) is 0 Å². The highest BCUT2D eigenvalue weighted by molar-refractivity contribution is 6.11. The van der Waals surface area contributed by atoms with Gasteiger partial charge in [0, 0.05) is 52.5 Å². The van der Waals surface area contributed by atoms with Crippen LogP contribution in [0, 0.1) is 19.7 Å². The van der Waals surface area contributed by atoms with Crippen LogP contribution in [0.5, 0.6) is 11.5 Å². The maximum Gasteiger partial charge on any atom is 0.410 e. The minimum atomic E-state index is -0.829. The van der Waals surface area contributed by atoms with Gasteiger partial charge in [-0.3, -0.25) is 9.59 Å². The van der Waals surface area contributed by atoms with E-state index in [1.54, 1.807) is 51.9 Å². The fourth-order valence-electron chi connectivity index (χ4n) is 6.04. The lowest BCUT2D eigenvalue weighted by molar-refractivity contribution is 0.0127. The number of methoxy groups -OCH3 is 2. The molecule has 0 aromatic heterocycles. The third-order valence-electron chi connectivity index (χ3n) is 8.56. The van der Waals surface area contributed by atoms with Crippen molar-refractivity contribution in [3.05, 3.63) is 87.7 Å². The van der Waals surface area contributed by atoms with Crippen LogP contribution in [0.15, 0.2) is 48.5 Å². The summed E-state index contributed by atoms with van der Waals surface area (Å²) in [5, 5.41) is 2.99. The van der Waals surface area contributed by atoms with Gasteiger partial charge in [-0.05, 0) is 95.0 Å². The standard InChI is InChI=1S/C40H50FN3O10/c1-24-19-28(20-25(2)36(24)52-23-50-9)37(46)42-29-21-44(39(48)54-40(3,4)5)18-10-11-31(29)53-38(47)27-14-12-26(13-15-27)35(45)33-32(51-22-49-8)17-16-30(34(33)41)43(6)7/h12-17,19-20,29,31H,10-11,18,21-23H2,1-9H3,(H,42,46)/t29-,31-/m1/s1. The Bertz CT molecular complexity index is 1800. The number of amides is 2. The summed E-state index contributed by atoms with van der Waals surface area (Å²) >= 11 is 0. The van der Waals surface area contributed by atoms with E-state index in [9.17, 15) is 19.2 Å². The van der Waals surface area contributed by atoms with Crippen molar-refractivity contribution in [1.29, 1.82) is 0 Å². The first kappa shape index (κ1) is 41.5. The zero-order chi connectivity index (χ0) is 39.7. The molecular weight excluding hydrogens is 701 g/mol. The molecule has 14 heteroatoms. The Balaban J connectivity index is 1.58. The number of hydrogen-bond acceptors (Lipinski definition) is 11. The van der Waals surface area contributed by atoms with Gasteiger partial charge in [0.05, 0.1) is 17.3 Å². The largest absolute Gasteiger partial charge is 0.467 e. The molecule has 0 unspecified atom stereocenters. The molecule has 4 rings (SSSR count). The Labute approximate surface area is 315 Å². The number of halogens is 1. The normalized spacial score (nSPS) is 15.9. The van der Waals surface area contributed by atoms with Gasteiger partial charge in [-0.15, -0.1) is 0 Å². The van der Waals surface area contributed by atoms with Crippen molar-refractivity contribution >= 4 is 29.4 Å². The maximum absolute atomic E-state index is 15.6. The summed E-state index contributed by atoms with van der Waals surface area (Å²) in [6.45, 7) is 9.13. The zero-order valence-electron chi connectivity index (χ0n) is 32.4. The summed E-state index contributed by atoms with van der Waals surface area (Å²) in [5.74, 6) is -1.94. The van der Waals surface area contributed by atoms with E-state index in [1.807, 2.05) is 13.8 Å². The monoisotopic (exact) mass is 751 g/mol. The molecule has 1 saturated heterocycles. The van der Waals surface area contributed by atoms with E-state index in [4.69, 9.17) is 28.4 Å². The molecule has 0 radical (unpaired) electrons. The summed E-state index contributed by atoms with van der Waals surface area (Å²) in [5.41, 5.74) is 1.22. The van der Waals surface area contributed by atoms with E-state index >= 15 is 4.39 Å². The molecule has 1 fully saturated rings. The van der Waals surface area contributed by atoms with Crippen molar-refractivity contribution in [1.82, 2.24) is 10.2 Å². The van der Waals surface area contributed by atoms with Crippen LogP contribution in [0.3, 0.4) is 0 Å². The lowest BCUT2D eigenvalue weighted by Crippen LogP contribution is -2.51. The van der Waals surface area contributed by atoms with Crippen molar-refractivity contribution < 1.29 is 52.0 Å². The number of carbonyl (C=O) groups excluding carboxylic acids is 4. The molecule has 1 heterocycles. The van der Waals surface area contributed by atoms with Gasteiger partial charge in [0.15, 0.2) is 25.2 Å². The molecule has 1 aliphatic heterocycles. The fraction of sp³-hybridized carbons (Fsp3) is 0.450. The van der Waals surface area contributed by atoms with Crippen LogP contribution in [0.1, 0.15) is 81.4 Å². The molecule has 1 aliphatic rings. The van der Waals surface area contributed by atoms with Gasteiger partial charge in [0.1, 0.15) is 28.8 Å². The smallest absolute Gasteiger partial charge is 0.410 e. The first-order chi connectivity index (χ1) is 25.5. The van der Waals surface area contributed by atoms with Crippen molar-refractivity contribution in [3.8, 4) is 11.5 Å². The number of hydrogen-bond donors (Lipinski definition) is 1. The number of benzene rings is 3.